The molecule has 0 aromatic carbocycles. The fourth-order valence-corrected chi connectivity index (χ4v) is 3.90. The molecule has 2 fully saturated rings. The molecular formula is C16H33N3O. The Kier molecular flexibility index (Phi) is 5.46. The van der Waals surface area contributed by atoms with E-state index in [2.05, 4.69) is 43.2 Å². The molecule has 2 heterocycles. The van der Waals surface area contributed by atoms with Crippen LogP contribution in [0.4, 0.5) is 0 Å². The normalized spacial score (nSPS) is 27.6. The zero-order valence-electron chi connectivity index (χ0n) is 13.8. The van der Waals surface area contributed by atoms with E-state index in [0.717, 1.165) is 32.8 Å². The molecule has 0 unspecified atom stereocenters. The van der Waals surface area contributed by atoms with Gasteiger partial charge < -0.3 is 15.4 Å². The molecule has 2 aliphatic rings. The zero-order chi connectivity index (χ0) is 14.6. The number of nitrogens with one attached hydrogen (secondary N) is 2. The van der Waals surface area contributed by atoms with Crippen molar-refractivity contribution in [3.63, 3.8) is 0 Å². The first-order valence-electron chi connectivity index (χ1n) is 8.19. The van der Waals surface area contributed by atoms with Crippen molar-refractivity contribution in [2.24, 2.45) is 0 Å². The van der Waals surface area contributed by atoms with Crippen LogP contribution in [0.5, 0.6) is 0 Å². The van der Waals surface area contributed by atoms with E-state index in [0.29, 0.717) is 6.04 Å². The van der Waals surface area contributed by atoms with Gasteiger partial charge in [0.05, 0.1) is 13.2 Å². The first-order valence-corrected chi connectivity index (χ1v) is 8.19. The molecule has 0 saturated carbocycles. The van der Waals surface area contributed by atoms with Crippen LogP contribution < -0.4 is 10.6 Å². The van der Waals surface area contributed by atoms with Gasteiger partial charge in [-0.1, -0.05) is 0 Å². The predicted molar refractivity (Wildman–Crippen MR) is 84.2 cm³/mol. The van der Waals surface area contributed by atoms with Gasteiger partial charge in [-0.2, -0.15) is 0 Å². The molecule has 0 aromatic rings. The number of nitrogens with zero attached hydrogens (tertiary/aromatic N) is 1. The molecule has 2 rings (SSSR count). The first kappa shape index (κ1) is 16.2. The van der Waals surface area contributed by atoms with Gasteiger partial charge in [-0.15, -0.1) is 0 Å². The van der Waals surface area contributed by atoms with Crippen molar-refractivity contribution in [2.45, 2.75) is 64.1 Å². The zero-order valence-corrected chi connectivity index (χ0v) is 13.8. The second kappa shape index (κ2) is 6.73. The molecule has 0 spiro atoms. The summed E-state index contributed by atoms with van der Waals surface area (Å²) in [6, 6.07) is 0.644. The van der Waals surface area contributed by atoms with E-state index < -0.39 is 0 Å². The van der Waals surface area contributed by atoms with Crippen molar-refractivity contribution in [1.82, 2.24) is 15.5 Å². The van der Waals surface area contributed by atoms with Gasteiger partial charge >= 0.3 is 0 Å². The van der Waals surface area contributed by atoms with Crippen LogP contribution in [0.3, 0.4) is 0 Å². The molecule has 2 N–H and O–H groups in total. The second-order valence-electron chi connectivity index (χ2n) is 7.76. The molecule has 2 saturated heterocycles. The van der Waals surface area contributed by atoms with E-state index in [9.17, 15) is 0 Å². The molecular weight excluding hydrogens is 250 g/mol. The molecule has 4 heteroatoms. The van der Waals surface area contributed by atoms with Gasteiger partial charge in [0, 0.05) is 30.2 Å². The third kappa shape index (κ3) is 5.32. The van der Waals surface area contributed by atoms with Crippen LogP contribution in [0.25, 0.3) is 0 Å². The lowest BCUT2D eigenvalue weighted by molar-refractivity contribution is 0.0371. The van der Waals surface area contributed by atoms with Gasteiger partial charge in [-0.25, -0.2) is 0 Å². The summed E-state index contributed by atoms with van der Waals surface area (Å²) in [5.74, 6) is 0. The quantitative estimate of drug-likeness (QED) is 0.752. The second-order valence-corrected chi connectivity index (χ2v) is 7.76. The Bertz CT molecular complexity index is 282. The highest BCUT2D eigenvalue weighted by molar-refractivity contribution is 4.99. The number of hydrogen-bond donors (Lipinski definition) is 2. The van der Waals surface area contributed by atoms with Gasteiger partial charge in [-0.3, -0.25) is 4.90 Å². The Hall–Kier alpha value is -0.160. The van der Waals surface area contributed by atoms with Gasteiger partial charge in [0.1, 0.15) is 0 Å². The minimum absolute atomic E-state index is 0.240. The molecule has 20 heavy (non-hydrogen) atoms. The van der Waals surface area contributed by atoms with Gasteiger partial charge in [0.15, 0.2) is 0 Å². The minimum Gasteiger partial charge on any atom is -0.379 e. The Morgan fingerprint density at radius 3 is 2.30 bits per heavy atom. The van der Waals surface area contributed by atoms with Crippen LogP contribution >= 0.6 is 0 Å². The van der Waals surface area contributed by atoms with E-state index >= 15 is 0 Å². The van der Waals surface area contributed by atoms with Gasteiger partial charge in [-0.05, 0) is 60.0 Å². The maximum absolute atomic E-state index is 5.38. The van der Waals surface area contributed by atoms with Crippen molar-refractivity contribution < 1.29 is 4.74 Å². The summed E-state index contributed by atoms with van der Waals surface area (Å²) in [5.41, 5.74) is 0.479. The van der Waals surface area contributed by atoms with E-state index in [4.69, 9.17) is 4.74 Å². The average Bonchev–Trinajstić information content (AvgIpc) is 2.32. The molecule has 118 valence electrons. The maximum Gasteiger partial charge on any atom is 0.0594 e. The van der Waals surface area contributed by atoms with Crippen LogP contribution in [0.2, 0.25) is 0 Å². The lowest BCUT2D eigenvalue weighted by Crippen LogP contribution is -2.61. The predicted octanol–water partition coefficient (Wildman–Crippen LogP) is 1.61. The molecule has 2 aliphatic heterocycles. The highest BCUT2D eigenvalue weighted by Crippen LogP contribution is 2.28. The third-order valence-corrected chi connectivity index (χ3v) is 4.38. The Morgan fingerprint density at radius 2 is 1.70 bits per heavy atom. The topological polar surface area (TPSA) is 36.5 Å². The van der Waals surface area contributed by atoms with Crippen LogP contribution in [0.1, 0.15) is 47.0 Å². The van der Waals surface area contributed by atoms with Crippen LogP contribution in [-0.2, 0) is 4.74 Å². The molecule has 0 amide bonds. The van der Waals surface area contributed by atoms with Crippen molar-refractivity contribution in [1.29, 1.82) is 0 Å². The third-order valence-electron chi connectivity index (χ3n) is 4.38. The summed E-state index contributed by atoms with van der Waals surface area (Å²) in [6.07, 6.45) is 3.67. The van der Waals surface area contributed by atoms with Crippen molar-refractivity contribution in [3.8, 4) is 0 Å². The van der Waals surface area contributed by atoms with Crippen LogP contribution in [0.15, 0.2) is 0 Å². The van der Waals surface area contributed by atoms with Crippen LogP contribution in [-0.4, -0.2) is 61.4 Å². The summed E-state index contributed by atoms with van der Waals surface area (Å²) in [4.78, 5) is 2.52. The first-order chi connectivity index (χ1) is 9.36. The fraction of sp³-hybridized carbons (Fsp3) is 1.00. The molecule has 0 atom stereocenters. The number of hydrogen-bond acceptors (Lipinski definition) is 4. The Morgan fingerprint density at radius 1 is 1.10 bits per heavy atom. The molecule has 0 radical (unpaired) electrons. The minimum atomic E-state index is 0.240. The van der Waals surface area contributed by atoms with E-state index in [1.807, 2.05) is 0 Å². The SMILES string of the molecule is CC1(C)CC(NCCCN2CCOCC2)CC(C)(C)N1. The lowest BCUT2D eigenvalue weighted by atomic mass is 9.79. The maximum atomic E-state index is 5.38. The summed E-state index contributed by atoms with van der Waals surface area (Å²) in [7, 11) is 0. The largest absolute Gasteiger partial charge is 0.379 e. The number of ether oxygens (including phenoxy) is 1. The van der Waals surface area contributed by atoms with Crippen LogP contribution in [0, 0.1) is 0 Å². The number of rotatable bonds is 5. The number of morpholine rings is 1. The smallest absolute Gasteiger partial charge is 0.0594 e. The van der Waals surface area contributed by atoms with Crippen molar-refractivity contribution in [2.75, 3.05) is 39.4 Å². The molecule has 0 aliphatic carbocycles. The summed E-state index contributed by atoms with van der Waals surface area (Å²) in [5, 5.41) is 7.52. The summed E-state index contributed by atoms with van der Waals surface area (Å²) < 4.78 is 5.38. The average molecular weight is 283 g/mol. The van der Waals surface area contributed by atoms with Gasteiger partial charge in [0.25, 0.3) is 0 Å². The Labute approximate surface area is 124 Å². The Balaban J connectivity index is 1.65. The van der Waals surface area contributed by atoms with Crippen molar-refractivity contribution >= 4 is 0 Å². The fourth-order valence-electron chi connectivity index (χ4n) is 3.90. The molecule has 0 aromatic heterocycles. The molecule has 4 nitrogen and oxygen atoms in total. The highest BCUT2D eigenvalue weighted by Gasteiger charge is 2.37. The summed E-state index contributed by atoms with van der Waals surface area (Å²) in [6.45, 7) is 15.6. The monoisotopic (exact) mass is 283 g/mol. The van der Waals surface area contributed by atoms with Crippen molar-refractivity contribution in [3.05, 3.63) is 0 Å². The number of piperidine rings is 1. The molecule has 0 bridgehead atoms. The lowest BCUT2D eigenvalue weighted by Gasteiger charge is -2.46. The standard InChI is InChI=1S/C16H33N3O/c1-15(2)12-14(13-16(3,4)18-15)17-6-5-7-19-8-10-20-11-9-19/h14,17-18H,5-13H2,1-4H3. The van der Waals surface area contributed by atoms with E-state index in [1.54, 1.807) is 0 Å². The highest BCUT2D eigenvalue weighted by atomic mass is 16.5. The van der Waals surface area contributed by atoms with E-state index in [1.165, 1.54) is 25.8 Å². The summed E-state index contributed by atoms with van der Waals surface area (Å²) >= 11 is 0. The van der Waals surface area contributed by atoms with Gasteiger partial charge in [0.2, 0.25) is 0 Å². The van der Waals surface area contributed by atoms with E-state index in [-0.39, 0.29) is 11.1 Å².